The van der Waals surface area contributed by atoms with Crippen molar-refractivity contribution in [3.8, 4) is 11.5 Å². The Bertz CT molecular complexity index is 397. The molecule has 72 valence electrons. The molecule has 14 heavy (non-hydrogen) atoms. The van der Waals surface area contributed by atoms with E-state index >= 15 is 0 Å². The van der Waals surface area contributed by atoms with E-state index in [0.29, 0.717) is 5.89 Å². The maximum absolute atomic E-state index is 5.10. The first-order valence-corrected chi connectivity index (χ1v) is 4.63. The van der Waals surface area contributed by atoms with E-state index in [0.717, 1.165) is 24.2 Å². The van der Waals surface area contributed by atoms with E-state index in [-0.39, 0.29) is 0 Å². The van der Waals surface area contributed by atoms with Crippen molar-refractivity contribution in [2.45, 2.75) is 19.8 Å². The van der Waals surface area contributed by atoms with Crippen LogP contribution in [0.4, 0.5) is 0 Å². The molecule has 0 aliphatic carbocycles. The molecule has 2 rings (SSSR count). The van der Waals surface area contributed by atoms with Gasteiger partial charge in [0.25, 0.3) is 5.89 Å². The van der Waals surface area contributed by atoms with Crippen molar-refractivity contribution >= 4 is 0 Å². The first-order chi connectivity index (χ1) is 6.90. The van der Waals surface area contributed by atoms with Crippen LogP contribution in [0.25, 0.3) is 11.5 Å². The summed E-state index contributed by atoms with van der Waals surface area (Å²) in [4.78, 5) is 8.24. The number of nitrogens with zero attached hydrogens (tertiary/aromatic N) is 3. The van der Waals surface area contributed by atoms with Crippen LogP contribution >= 0.6 is 0 Å². The van der Waals surface area contributed by atoms with Crippen molar-refractivity contribution in [1.82, 2.24) is 15.1 Å². The fourth-order valence-electron chi connectivity index (χ4n) is 1.19. The van der Waals surface area contributed by atoms with Gasteiger partial charge in [0, 0.05) is 18.8 Å². The highest BCUT2D eigenvalue weighted by molar-refractivity contribution is 5.50. The van der Waals surface area contributed by atoms with Gasteiger partial charge in [-0.15, -0.1) is 0 Å². The first kappa shape index (κ1) is 8.87. The molecule has 2 heterocycles. The molecule has 0 N–H and O–H groups in total. The molecular weight excluding hydrogens is 178 g/mol. The van der Waals surface area contributed by atoms with E-state index in [1.165, 1.54) is 0 Å². The number of rotatable bonds is 3. The molecule has 4 heteroatoms. The van der Waals surface area contributed by atoms with Crippen LogP contribution in [0.5, 0.6) is 0 Å². The maximum Gasteiger partial charge on any atom is 0.259 e. The van der Waals surface area contributed by atoms with Crippen LogP contribution < -0.4 is 0 Å². The third kappa shape index (κ3) is 1.79. The predicted molar refractivity (Wildman–Crippen MR) is 51.5 cm³/mol. The van der Waals surface area contributed by atoms with E-state index in [4.69, 9.17) is 4.52 Å². The Kier molecular flexibility index (Phi) is 2.53. The van der Waals surface area contributed by atoms with Crippen LogP contribution in [0.1, 0.15) is 19.2 Å². The second-order valence-corrected chi connectivity index (χ2v) is 3.01. The molecule has 0 aliphatic rings. The number of hydrogen-bond donors (Lipinski definition) is 0. The van der Waals surface area contributed by atoms with E-state index < -0.39 is 0 Å². The lowest BCUT2D eigenvalue weighted by molar-refractivity contribution is 0.422. The van der Waals surface area contributed by atoms with Crippen LogP contribution in [0, 0.1) is 0 Å². The summed E-state index contributed by atoms with van der Waals surface area (Å²) in [5, 5.41) is 3.87. The molecule has 0 radical (unpaired) electrons. The lowest BCUT2D eigenvalue weighted by atomic mass is 10.3. The monoisotopic (exact) mass is 189 g/mol. The van der Waals surface area contributed by atoms with Gasteiger partial charge in [-0.1, -0.05) is 12.1 Å². The van der Waals surface area contributed by atoms with Gasteiger partial charge in [0.2, 0.25) is 0 Å². The number of aromatic nitrogens is 3. The van der Waals surface area contributed by atoms with Crippen LogP contribution in [0.3, 0.4) is 0 Å². The Hall–Kier alpha value is -1.71. The van der Waals surface area contributed by atoms with Gasteiger partial charge in [-0.2, -0.15) is 4.98 Å². The van der Waals surface area contributed by atoms with Gasteiger partial charge in [-0.05, 0) is 18.6 Å². The van der Waals surface area contributed by atoms with Gasteiger partial charge in [-0.3, -0.25) is 4.98 Å². The lowest BCUT2D eigenvalue weighted by Gasteiger charge is -1.89. The minimum atomic E-state index is 0.543. The molecule has 2 aromatic rings. The quantitative estimate of drug-likeness (QED) is 0.741. The van der Waals surface area contributed by atoms with Gasteiger partial charge in [0.1, 0.15) is 0 Å². The van der Waals surface area contributed by atoms with Gasteiger partial charge in [-0.25, -0.2) is 0 Å². The molecule has 0 spiro atoms. The summed E-state index contributed by atoms with van der Waals surface area (Å²) in [6.45, 7) is 2.08. The highest BCUT2D eigenvalue weighted by Crippen LogP contribution is 2.15. The maximum atomic E-state index is 5.10. The van der Waals surface area contributed by atoms with Gasteiger partial charge in [0.05, 0.1) is 5.56 Å². The Morgan fingerprint density at radius 1 is 1.43 bits per heavy atom. The molecule has 0 unspecified atom stereocenters. The van der Waals surface area contributed by atoms with E-state index in [2.05, 4.69) is 22.0 Å². The number of pyridine rings is 1. The fraction of sp³-hybridized carbons (Fsp3) is 0.300. The summed E-state index contributed by atoms with van der Waals surface area (Å²) in [5.74, 6) is 1.30. The van der Waals surface area contributed by atoms with Gasteiger partial charge < -0.3 is 4.52 Å². The SMILES string of the molecule is CCCc1noc(-c2cccnc2)n1. The van der Waals surface area contributed by atoms with Crippen LogP contribution in [0.2, 0.25) is 0 Å². The smallest absolute Gasteiger partial charge is 0.259 e. The molecular formula is C10H11N3O. The van der Waals surface area contributed by atoms with E-state index in [1.54, 1.807) is 12.4 Å². The first-order valence-electron chi connectivity index (χ1n) is 4.63. The molecule has 0 aromatic carbocycles. The van der Waals surface area contributed by atoms with Crippen LogP contribution in [-0.4, -0.2) is 15.1 Å². The molecule has 0 aliphatic heterocycles. The zero-order chi connectivity index (χ0) is 9.80. The predicted octanol–water partition coefficient (Wildman–Crippen LogP) is 2.08. The number of aryl methyl sites for hydroxylation is 1. The summed E-state index contributed by atoms with van der Waals surface area (Å²) >= 11 is 0. The fourth-order valence-corrected chi connectivity index (χ4v) is 1.19. The van der Waals surface area contributed by atoms with Gasteiger partial charge in [0.15, 0.2) is 5.82 Å². The van der Waals surface area contributed by atoms with Crippen molar-refractivity contribution in [2.75, 3.05) is 0 Å². The third-order valence-corrected chi connectivity index (χ3v) is 1.85. The van der Waals surface area contributed by atoms with E-state index in [9.17, 15) is 0 Å². The zero-order valence-corrected chi connectivity index (χ0v) is 7.97. The minimum absolute atomic E-state index is 0.543. The second kappa shape index (κ2) is 4.00. The van der Waals surface area contributed by atoms with Crippen LogP contribution in [0.15, 0.2) is 29.0 Å². The van der Waals surface area contributed by atoms with Crippen molar-refractivity contribution < 1.29 is 4.52 Å². The molecule has 2 aromatic heterocycles. The highest BCUT2D eigenvalue weighted by atomic mass is 16.5. The molecule has 0 atom stereocenters. The molecule has 0 bridgehead atoms. The van der Waals surface area contributed by atoms with Crippen molar-refractivity contribution in [2.24, 2.45) is 0 Å². The average molecular weight is 189 g/mol. The molecule has 0 saturated carbocycles. The standard InChI is InChI=1S/C10H11N3O/c1-2-4-9-12-10(14-13-9)8-5-3-6-11-7-8/h3,5-7H,2,4H2,1H3. The van der Waals surface area contributed by atoms with Crippen molar-refractivity contribution in [1.29, 1.82) is 0 Å². The largest absolute Gasteiger partial charge is 0.334 e. The summed E-state index contributed by atoms with van der Waals surface area (Å²) in [7, 11) is 0. The summed E-state index contributed by atoms with van der Waals surface area (Å²) < 4.78 is 5.10. The summed E-state index contributed by atoms with van der Waals surface area (Å²) in [5.41, 5.74) is 0.863. The van der Waals surface area contributed by atoms with Crippen molar-refractivity contribution in [3.63, 3.8) is 0 Å². The minimum Gasteiger partial charge on any atom is -0.334 e. The molecule has 0 amide bonds. The summed E-state index contributed by atoms with van der Waals surface area (Å²) in [6, 6.07) is 3.75. The van der Waals surface area contributed by atoms with Crippen molar-refractivity contribution in [3.05, 3.63) is 30.4 Å². The van der Waals surface area contributed by atoms with Gasteiger partial charge >= 0.3 is 0 Å². The Labute approximate surface area is 82.0 Å². The average Bonchev–Trinajstić information content (AvgIpc) is 2.68. The van der Waals surface area contributed by atoms with E-state index in [1.807, 2.05) is 12.1 Å². The molecule has 0 saturated heterocycles. The molecule has 4 nitrogen and oxygen atoms in total. The molecule has 0 fully saturated rings. The normalized spacial score (nSPS) is 10.4. The topological polar surface area (TPSA) is 51.8 Å². The Morgan fingerprint density at radius 3 is 3.07 bits per heavy atom. The Morgan fingerprint density at radius 2 is 2.36 bits per heavy atom. The van der Waals surface area contributed by atoms with Crippen LogP contribution in [-0.2, 0) is 6.42 Å². The second-order valence-electron chi connectivity index (χ2n) is 3.01. The lowest BCUT2D eigenvalue weighted by Crippen LogP contribution is -1.85. The Balaban J connectivity index is 2.25. The highest BCUT2D eigenvalue weighted by Gasteiger charge is 2.06. The zero-order valence-electron chi connectivity index (χ0n) is 7.97. The third-order valence-electron chi connectivity index (χ3n) is 1.85. The number of hydrogen-bond acceptors (Lipinski definition) is 4. The summed E-state index contributed by atoms with van der Waals surface area (Å²) in [6.07, 6.45) is 5.30.